The molecule has 1 aromatic carbocycles. The van der Waals surface area contributed by atoms with Crippen LogP contribution in [0.2, 0.25) is 0 Å². The Morgan fingerprint density at radius 2 is 1.78 bits per heavy atom. The highest BCUT2D eigenvalue weighted by Crippen LogP contribution is 2.25. The molecule has 0 aliphatic rings. The van der Waals surface area contributed by atoms with E-state index in [-0.39, 0.29) is 5.41 Å². The summed E-state index contributed by atoms with van der Waals surface area (Å²) in [5.41, 5.74) is 9.01. The number of benzene rings is 1. The number of hydrogen-bond donors (Lipinski definition) is 1. The number of anilines is 1. The third-order valence-electron chi connectivity index (χ3n) is 2.79. The van der Waals surface area contributed by atoms with E-state index in [0.29, 0.717) is 11.6 Å². The zero-order valence-electron chi connectivity index (χ0n) is 11.4. The minimum Gasteiger partial charge on any atom is -0.384 e. The molecule has 0 aliphatic carbocycles. The van der Waals surface area contributed by atoms with Crippen molar-refractivity contribution in [2.24, 2.45) is 0 Å². The number of nitrogen functional groups attached to an aromatic ring is 1. The van der Waals surface area contributed by atoms with E-state index in [0.717, 1.165) is 11.3 Å². The van der Waals surface area contributed by atoms with Crippen LogP contribution in [-0.2, 0) is 5.41 Å². The van der Waals surface area contributed by atoms with Gasteiger partial charge in [0.05, 0.1) is 5.69 Å². The third-order valence-corrected chi connectivity index (χ3v) is 2.79. The van der Waals surface area contributed by atoms with Gasteiger partial charge in [0.25, 0.3) is 0 Å². The second kappa shape index (κ2) is 4.41. The molecule has 0 aliphatic heterocycles. The molecule has 0 spiro atoms. The SMILES string of the molecule is Cc1cccc(-c2nc(N)cc(C(C)(C)C)n2)c1. The summed E-state index contributed by atoms with van der Waals surface area (Å²) in [4.78, 5) is 8.95. The third kappa shape index (κ3) is 2.67. The van der Waals surface area contributed by atoms with E-state index in [1.54, 1.807) is 0 Å². The first-order valence-corrected chi connectivity index (χ1v) is 6.08. The van der Waals surface area contributed by atoms with Crippen LogP contribution in [0.4, 0.5) is 5.82 Å². The molecule has 0 unspecified atom stereocenters. The summed E-state index contributed by atoms with van der Waals surface area (Å²) >= 11 is 0. The molecule has 0 atom stereocenters. The predicted molar refractivity (Wildman–Crippen MR) is 75.3 cm³/mol. The van der Waals surface area contributed by atoms with Gasteiger partial charge in [-0.1, -0.05) is 44.5 Å². The monoisotopic (exact) mass is 241 g/mol. The molecular weight excluding hydrogens is 222 g/mol. The summed E-state index contributed by atoms with van der Waals surface area (Å²) in [6.45, 7) is 8.42. The molecule has 0 amide bonds. The number of aromatic nitrogens is 2. The van der Waals surface area contributed by atoms with Gasteiger partial charge in [-0.2, -0.15) is 0 Å². The Bertz CT molecular complexity index is 568. The smallest absolute Gasteiger partial charge is 0.161 e. The maximum atomic E-state index is 5.88. The Balaban J connectivity index is 2.55. The second-order valence-electron chi connectivity index (χ2n) is 5.62. The number of nitrogens with two attached hydrogens (primary N) is 1. The lowest BCUT2D eigenvalue weighted by Crippen LogP contribution is -2.15. The van der Waals surface area contributed by atoms with Crippen LogP contribution >= 0.6 is 0 Å². The molecule has 0 radical (unpaired) electrons. The maximum Gasteiger partial charge on any atom is 0.161 e. The first kappa shape index (κ1) is 12.6. The zero-order valence-corrected chi connectivity index (χ0v) is 11.4. The molecule has 3 nitrogen and oxygen atoms in total. The minimum atomic E-state index is -0.0321. The molecule has 3 heteroatoms. The normalized spacial score (nSPS) is 11.6. The number of hydrogen-bond acceptors (Lipinski definition) is 3. The fraction of sp³-hybridized carbons (Fsp3) is 0.333. The van der Waals surface area contributed by atoms with E-state index in [9.17, 15) is 0 Å². The van der Waals surface area contributed by atoms with Crippen molar-refractivity contribution in [3.05, 3.63) is 41.6 Å². The van der Waals surface area contributed by atoms with Crippen LogP contribution < -0.4 is 5.73 Å². The Kier molecular flexibility index (Phi) is 3.07. The van der Waals surface area contributed by atoms with Crippen LogP contribution in [0.15, 0.2) is 30.3 Å². The molecular formula is C15H19N3. The van der Waals surface area contributed by atoms with Gasteiger partial charge >= 0.3 is 0 Å². The molecule has 0 saturated heterocycles. The van der Waals surface area contributed by atoms with Crippen molar-refractivity contribution in [2.75, 3.05) is 5.73 Å². The molecule has 2 rings (SSSR count). The Morgan fingerprint density at radius 1 is 1.06 bits per heavy atom. The molecule has 0 fully saturated rings. The summed E-state index contributed by atoms with van der Waals surface area (Å²) in [7, 11) is 0. The van der Waals surface area contributed by atoms with Gasteiger partial charge in [-0.05, 0) is 13.0 Å². The van der Waals surface area contributed by atoms with Gasteiger partial charge in [0.1, 0.15) is 5.82 Å². The molecule has 0 bridgehead atoms. The molecule has 1 heterocycles. The molecule has 2 N–H and O–H groups in total. The highest BCUT2D eigenvalue weighted by atomic mass is 14.9. The predicted octanol–water partition coefficient (Wildman–Crippen LogP) is 3.33. The molecule has 0 saturated carbocycles. The van der Waals surface area contributed by atoms with E-state index < -0.39 is 0 Å². The number of nitrogens with zero attached hydrogens (tertiary/aromatic N) is 2. The van der Waals surface area contributed by atoms with E-state index in [4.69, 9.17) is 5.73 Å². The Morgan fingerprint density at radius 3 is 2.39 bits per heavy atom. The van der Waals surface area contributed by atoms with Crippen molar-refractivity contribution >= 4 is 5.82 Å². The lowest BCUT2D eigenvalue weighted by atomic mass is 9.92. The molecule has 18 heavy (non-hydrogen) atoms. The van der Waals surface area contributed by atoms with Gasteiger partial charge in [0.15, 0.2) is 5.82 Å². The minimum absolute atomic E-state index is 0.0321. The van der Waals surface area contributed by atoms with E-state index in [1.807, 2.05) is 18.2 Å². The van der Waals surface area contributed by atoms with Crippen LogP contribution in [-0.4, -0.2) is 9.97 Å². The molecule has 2 aromatic rings. The fourth-order valence-electron chi connectivity index (χ4n) is 1.76. The van der Waals surface area contributed by atoms with E-state index >= 15 is 0 Å². The zero-order chi connectivity index (χ0) is 13.3. The number of aryl methyl sites for hydroxylation is 1. The largest absolute Gasteiger partial charge is 0.384 e. The van der Waals surface area contributed by atoms with Gasteiger partial charge < -0.3 is 5.73 Å². The maximum absolute atomic E-state index is 5.88. The topological polar surface area (TPSA) is 51.8 Å². The van der Waals surface area contributed by atoms with Gasteiger partial charge in [-0.3, -0.25) is 0 Å². The summed E-state index contributed by atoms with van der Waals surface area (Å²) in [6.07, 6.45) is 0. The van der Waals surface area contributed by atoms with Gasteiger partial charge in [0.2, 0.25) is 0 Å². The molecule has 94 valence electrons. The van der Waals surface area contributed by atoms with Crippen molar-refractivity contribution in [3.8, 4) is 11.4 Å². The summed E-state index contributed by atoms with van der Waals surface area (Å²) in [6, 6.07) is 9.99. The van der Waals surface area contributed by atoms with Crippen LogP contribution in [0.25, 0.3) is 11.4 Å². The first-order valence-electron chi connectivity index (χ1n) is 6.08. The first-order chi connectivity index (χ1) is 8.36. The van der Waals surface area contributed by atoms with Crippen molar-refractivity contribution in [1.82, 2.24) is 9.97 Å². The Labute approximate surface area is 108 Å². The lowest BCUT2D eigenvalue weighted by Gasteiger charge is -2.18. The average Bonchev–Trinajstić information content (AvgIpc) is 2.27. The van der Waals surface area contributed by atoms with Gasteiger partial charge in [0, 0.05) is 17.0 Å². The second-order valence-corrected chi connectivity index (χ2v) is 5.62. The van der Waals surface area contributed by atoms with Gasteiger partial charge in [-0.25, -0.2) is 9.97 Å². The molecule has 1 aromatic heterocycles. The van der Waals surface area contributed by atoms with Crippen LogP contribution in [0.5, 0.6) is 0 Å². The van der Waals surface area contributed by atoms with E-state index in [1.165, 1.54) is 5.56 Å². The Hall–Kier alpha value is -1.90. The van der Waals surface area contributed by atoms with Crippen molar-refractivity contribution in [3.63, 3.8) is 0 Å². The van der Waals surface area contributed by atoms with E-state index in [2.05, 4.69) is 49.8 Å². The highest BCUT2D eigenvalue weighted by molar-refractivity contribution is 5.58. The fourth-order valence-corrected chi connectivity index (χ4v) is 1.76. The van der Waals surface area contributed by atoms with Crippen LogP contribution in [0.3, 0.4) is 0 Å². The average molecular weight is 241 g/mol. The van der Waals surface area contributed by atoms with Gasteiger partial charge in [-0.15, -0.1) is 0 Å². The van der Waals surface area contributed by atoms with Crippen LogP contribution in [0.1, 0.15) is 32.0 Å². The quantitative estimate of drug-likeness (QED) is 0.833. The summed E-state index contributed by atoms with van der Waals surface area (Å²) < 4.78 is 0. The van der Waals surface area contributed by atoms with Crippen molar-refractivity contribution in [1.29, 1.82) is 0 Å². The summed E-state index contributed by atoms with van der Waals surface area (Å²) in [5, 5.41) is 0. The number of rotatable bonds is 1. The van der Waals surface area contributed by atoms with Crippen molar-refractivity contribution < 1.29 is 0 Å². The standard InChI is InChI=1S/C15H19N3/c1-10-6-5-7-11(8-10)14-17-12(15(2,3)4)9-13(16)18-14/h5-9H,1-4H3,(H2,16,17,18). The summed E-state index contributed by atoms with van der Waals surface area (Å²) in [5.74, 6) is 1.22. The lowest BCUT2D eigenvalue weighted by molar-refractivity contribution is 0.568. The van der Waals surface area contributed by atoms with Crippen molar-refractivity contribution in [2.45, 2.75) is 33.1 Å². The highest BCUT2D eigenvalue weighted by Gasteiger charge is 2.17. The van der Waals surface area contributed by atoms with Crippen LogP contribution in [0, 0.1) is 6.92 Å².